The van der Waals surface area contributed by atoms with Crippen LogP contribution in [-0.4, -0.2) is 44.7 Å². The molecule has 0 unspecified atom stereocenters. The highest BCUT2D eigenvalue weighted by Gasteiger charge is 2.09. The maximum Gasteiger partial charge on any atom is 0.178 e. The lowest BCUT2D eigenvalue weighted by Gasteiger charge is -2.16. The number of aryl methyl sites for hydroxylation is 1. The van der Waals surface area contributed by atoms with Crippen LogP contribution in [0.5, 0.6) is 0 Å². The monoisotopic (exact) mass is 234 g/mol. The minimum atomic E-state index is 0.172. The van der Waals surface area contributed by atoms with Crippen LogP contribution in [0, 0.1) is 6.92 Å². The molecule has 0 aliphatic rings. The molecule has 0 bridgehead atoms. The third-order valence-electron chi connectivity index (χ3n) is 2.89. The van der Waals surface area contributed by atoms with Gasteiger partial charge in [-0.15, -0.1) is 0 Å². The highest BCUT2D eigenvalue weighted by Crippen LogP contribution is 2.13. The van der Waals surface area contributed by atoms with Crippen molar-refractivity contribution in [2.75, 3.05) is 19.7 Å². The molecule has 2 aromatic rings. The molecule has 5 heteroatoms. The maximum absolute atomic E-state index is 8.95. The predicted octanol–water partition coefficient (Wildman–Crippen LogP) is 1.08. The van der Waals surface area contributed by atoms with Crippen LogP contribution in [0.15, 0.2) is 12.3 Å². The van der Waals surface area contributed by atoms with Crippen molar-refractivity contribution in [3.05, 3.63) is 23.7 Å². The zero-order chi connectivity index (χ0) is 12.3. The largest absolute Gasteiger partial charge is 0.395 e. The zero-order valence-corrected chi connectivity index (χ0v) is 10.3. The Morgan fingerprint density at radius 3 is 2.94 bits per heavy atom. The highest BCUT2D eigenvalue weighted by molar-refractivity contribution is 5.74. The quantitative estimate of drug-likeness (QED) is 0.812. The number of imidazole rings is 1. The van der Waals surface area contributed by atoms with Crippen molar-refractivity contribution in [3.63, 3.8) is 0 Å². The first-order valence-corrected chi connectivity index (χ1v) is 5.88. The standard InChI is InChI=1S/C12H18N4O/c1-3-16(6-7-17)8-10-14-11-9(2)4-5-13-12(11)15-10/h4-5,17H,3,6-8H2,1-2H3,(H,13,14,15). The number of hydrogen-bond acceptors (Lipinski definition) is 4. The van der Waals surface area contributed by atoms with E-state index < -0.39 is 0 Å². The number of likely N-dealkylation sites (N-methyl/N-ethyl adjacent to an activating group) is 1. The normalized spacial score (nSPS) is 11.5. The van der Waals surface area contributed by atoms with E-state index in [1.54, 1.807) is 6.20 Å². The number of H-pyrrole nitrogens is 1. The number of fused-ring (bicyclic) bond motifs is 1. The van der Waals surface area contributed by atoms with Crippen molar-refractivity contribution in [2.45, 2.75) is 20.4 Å². The van der Waals surface area contributed by atoms with Crippen LogP contribution in [0.2, 0.25) is 0 Å². The van der Waals surface area contributed by atoms with Gasteiger partial charge in [0.25, 0.3) is 0 Å². The van der Waals surface area contributed by atoms with Gasteiger partial charge in [-0.25, -0.2) is 9.97 Å². The third kappa shape index (κ3) is 2.62. The molecule has 0 aliphatic carbocycles. The lowest BCUT2D eigenvalue weighted by molar-refractivity contribution is 0.194. The van der Waals surface area contributed by atoms with Crippen LogP contribution in [0.25, 0.3) is 11.2 Å². The number of nitrogens with zero attached hydrogens (tertiary/aromatic N) is 3. The van der Waals surface area contributed by atoms with Gasteiger partial charge in [0.1, 0.15) is 5.82 Å². The van der Waals surface area contributed by atoms with E-state index in [0.717, 1.165) is 29.1 Å². The van der Waals surface area contributed by atoms with E-state index in [-0.39, 0.29) is 6.61 Å². The molecule has 2 aromatic heterocycles. The lowest BCUT2D eigenvalue weighted by atomic mass is 10.3. The first kappa shape index (κ1) is 12.0. The molecule has 0 spiro atoms. The van der Waals surface area contributed by atoms with E-state index >= 15 is 0 Å². The van der Waals surface area contributed by atoms with Gasteiger partial charge in [-0.1, -0.05) is 6.92 Å². The number of aliphatic hydroxyl groups is 1. The van der Waals surface area contributed by atoms with E-state index in [1.807, 2.05) is 13.0 Å². The maximum atomic E-state index is 8.95. The minimum absolute atomic E-state index is 0.172. The van der Waals surface area contributed by atoms with Crippen LogP contribution in [0.4, 0.5) is 0 Å². The summed E-state index contributed by atoms with van der Waals surface area (Å²) in [5.41, 5.74) is 2.92. The van der Waals surface area contributed by atoms with E-state index in [4.69, 9.17) is 5.11 Å². The molecule has 0 saturated carbocycles. The van der Waals surface area contributed by atoms with Crippen LogP contribution in [0.1, 0.15) is 18.3 Å². The summed E-state index contributed by atoms with van der Waals surface area (Å²) in [6, 6.07) is 1.97. The second kappa shape index (κ2) is 5.25. The third-order valence-corrected chi connectivity index (χ3v) is 2.89. The number of hydrogen-bond donors (Lipinski definition) is 2. The van der Waals surface area contributed by atoms with E-state index in [0.29, 0.717) is 13.1 Å². The predicted molar refractivity (Wildman–Crippen MR) is 66.7 cm³/mol. The van der Waals surface area contributed by atoms with E-state index in [9.17, 15) is 0 Å². The van der Waals surface area contributed by atoms with E-state index in [1.165, 1.54) is 0 Å². The Balaban J connectivity index is 2.21. The van der Waals surface area contributed by atoms with Crippen molar-refractivity contribution in [1.82, 2.24) is 19.9 Å². The van der Waals surface area contributed by atoms with Gasteiger partial charge in [-0.3, -0.25) is 4.90 Å². The Bertz CT molecular complexity index is 494. The molecule has 2 rings (SSSR count). The fourth-order valence-corrected chi connectivity index (χ4v) is 1.86. The molecule has 0 atom stereocenters. The summed E-state index contributed by atoms with van der Waals surface area (Å²) < 4.78 is 0. The summed E-state index contributed by atoms with van der Waals surface area (Å²) in [5.74, 6) is 0.900. The molecule has 0 aromatic carbocycles. The number of pyridine rings is 1. The molecule has 2 N–H and O–H groups in total. The Morgan fingerprint density at radius 1 is 1.47 bits per heavy atom. The van der Waals surface area contributed by atoms with Gasteiger partial charge < -0.3 is 10.1 Å². The summed E-state index contributed by atoms with van der Waals surface area (Å²) in [6.07, 6.45) is 1.77. The number of aliphatic hydroxyl groups excluding tert-OH is 1. The summed E-state index contributed by atoms with van der Waals surface area (Å²) in [6.45, 7) is 6.56. The second-order valence-corrected chi connectivity index (χ2v) is 4.10. The average Bonchev–Trinajstić information content (AvgIpc) is 2.72. The zero-order valence-electron chi connectivity index (χ0n) is 10.3. The molecule has 92 valence electrons. The number of aromatic amines is 1. The Hall–Kier alpha value is -1.46. The topological polar surface area (TPSA) is 65.0 Å². The van der Waals surface area contributed by atoms with Gasteiger partial charge in [-0.2, -0.15) is 0 Å². The molecule has 5 nitrogen and oxygen atoms in total. The van der Waals surface area contributed by atoms with E-state index in [2.05, 4.69) is 26.8 Å². The van der Waals surface area contributed by atoms with Crippen molar-refractivity contribution < 1.29 is 5.11 Å². The Kier molecular flexibility index (Phi) is 3.71. The number of aromatic nitrogens is 3. The fraction of sp³-hybridized carbons (Fsp3) is 0.500. The second-order valence-electron chi connectivity index (χ2n) is 4.10. The molecule has 0 amide bonds. The highest BCUT2D eigenvalue weighted by atomic mass is 16.3. The molecule has 0 aliphatic heterocycles. The van der Waals surface area contributed by atoms with Crippen molar-refractivity contribution >= 4 is 11.2 Å². The van der Waals surface area contributed by atoms with Gasteiger partial charge in [0.15, 0.2) is 5.65 Å². The molecule has 2 heterocycles. The van der Waals surface area contributed by atoms with Crippen molar-refractivity contribution in [1.29, 1.82) is 0 Å². The molecule has 0 fully saturated rings. The number of rotatable bonds is 5. The van der Waals surface area contributed by atoms with Gasteiger partial charge in [-0.05, 0) is 25.1 Å². The number of nitrogens with one attached hydrogen (secondary N) is 1. The fourth-order valence-electron chi connectivity index (χ4n) is 1.86. The molecule has 17 heavy (non-hydrogen) atoms. The van der Waals surface area contributed by atoms with Gasteiger partial charge in [0.2, 0.25) is 0 Å². The smallest absolute Gasteiger partial charge is 0.178 e. The van der Waals surface area contributed by atoms with Crippen molar-refractivity contribution in [3.8, 4) is 0 Å². The SMILES string of the molecule is CCN(CCO)Cc1nc2nccc(C)c2[nH]1. The first-order chi connectivity index (χ1) is 8.24. The molecular weight excluding hydrogens is 216 g/mol. The summed E-state index contributed by atoms with van der Waals surface area (Å²) in [4.78, 5) is 14.1. The summed E-state index contributed by atoms with van der Waals surface area (Å²) in [7, 11) is 0. The average molecular weight is 234 g/mol. The first-order valence-electron chi connectivity index (χ1n) is 5.88. The minimum Gasteiger partial charge on any atom is -0.395 e. The Morgan fingerprint density at radius 2 is 2.29 bits per heavy atom. The molecule has 0 saturated heterocycles. The van der Waals surface area contributed by atoms with Gasteiger partial charge >= 0.3 is 0 Å². The lowest BCUT2D eigenvalue weighted by Crippen LogP contribution is -2.26. The van der Waals surface area contributed by atoms with Crippen LogP contribution < -0.4 is 0 Å². The van der Waals surface area contributed by atoms with Crippen LogP contribution >= 0.6 is 0 Å². The van der Waals surface area contributed by atoms with Gasteiger partial charge in [0.05, 0.1) is 18.7 Å². The molecule has 0 radical (unpaired) electrons. The van der Waals surface area contributed by atoms with Crippen LogP contribution in [-0.2, 0) is 6.54 Å². The summed E-state index contributed by atoms with van der Waals surface area (Å²) >= 11 is 0. The Labute approximate surface area is 101 Å². The molecular formula is C12H18N4O. The van der Waals surface area contributed by atoms with Gasteiger partial charge in [0, 0.05) is 12.7 Å². The summed E-state index contributed by atoms with van der Waals surface area (Å²) in [5, 5.41) is 8.95. The van der Waals surface area contributed by atoms with Crippen molar-refractivity contribution in [2.24, 2.45) is 0 Å². The van der Waals surface area contributed by atoms with Crippen LogP contribution in [0.3, 0.4) is 0 Å².